The lowest BCUT2D eigenvalue weighted by Crippen LogP contribution is -2.42. The maximum atomic E-state index is 13.4. The second kappa shape index (κ2) is 7.90. The van der Waals surface area contributed by atoms with Crippen LogP contribution in [0, 0.1) is 0 Å². The molecule has 1 aliphatic carbocycles. The Balaban J connectivity index is 1.77. The number of ether oxygens (including phenoxy) is 1. The summed E-state index contributed by atoms with van der Waals surface area (Å²) in [7, 11) is 0. The summed E-state index contributed by atoms with van der Waals surface area (Å²) in [6, 6.07) is 9.66. The van der Waals surface area contributed by atoms with E-state index in [0.717, 1.165) is 37.3 Å². The zero-order chi connectivity index (χ0) is 18.6. The number of hydrogen-bond donors (Lipinski definition) is 2. The van der Waals surface area contributed by atoms with E-state index in [2.05, 4.69) is 15.5 Å². The van der Waals surface area contributed by atoms with Crippen LogP contribution in [-0.4, -0.2) is 22.3 Å². The Morgan fingerprint density at radius 1 is 1.12 bits per heavy atom. The van der Waals surface area contributed by atoms with Gasteiger partial charge in [-0.15, -0.1) is 10.2 Å². The minimum Gasteiger partial charge on any atom is -0.471 e. The van der Waals surface area contributed by atoms with E-state index < -0.39 is 17.6 Å². The number of nitrogens with zero attached hydrogens (tertiary/aromatic N) is 2. The average Bonchev–Trinajstić information content (AvgIpc) is 2.62. The largest absolute Gasteiger partial charge is 0.471 e. The summed E-state index contributed by atoms with van der Waals surface area (Å²) in [6.07, 6.45) is -0.923. The van der Waals surface area contributed by atoms with Gasteiger partial charge in [0.15, 0.2) is 0 Å². The number of hydrogen-bond acceptors (Lipinski definition) is 5. The van der Waals surface area contributed by atoms with Crippen molar-refractivity contribution in [3.8, 4) is 5.88 Å². The van der Waals surface area contributed by atoms with Gasteiger partial charge in [-0.2, -0.15) is 13.2 Å². The van der Waals surface area contributed by atoms with Gasteiger partial charge in [0, 0.05) is 18.2 Å². The van der Waals surface area contributed by atoms with Gasteiger partial charge in [0.25, 0.3) is 0 Å². The normalized spacial score (nSPS) is 20.6. The number of halogens is 3. The third-order valence-corrected chi connectivity index (χ3v) is 4.44. The van der Waals surface area contributed by atoms with E-state index in [1.165, 1.54) is 0 Å². The highest BCUT2D eigenvalue weighted by molar-refractivity contribution is 5.43. The van der Waals surface area contributed by atoms with E-state index in [1.54, 1.807) is 24.3 Å². The molecule has 3 rings (SSSR count). The molecule has 1 fully saturated rings. The summed E-state index contributed by atoms with van der Waals surface area (Å²) < 4.78 is 45.5. The first-order valence-electron chi connectivity index (χ1n) is 8.57. The molecule has 1 aliphatic rings. The molecule has 8 heteroatoms. The van der Waals surface area contributed by atoms with E-state index in [-0.39, 0.29) is 24.5 Å². The lowest BCUT2D eigenvalue weighted by atomic mass is 9.91. The number of nitrogens with one attached hydrogen (secondary N) is 1. The molecule has 5 nitrogen and oxygen atoms in total. The summed E-state index contributed by atoms with van der Waals surface area (Å²) in [5, 5.41) is 10.5. The second-order valence-corrected chi connectivity index (χ2v) is 6.42. The molecular formula is C18H21F3N4O. The molecular weight excluding hydrogens is 345 g/mol. The molecule has 0 amide bonds. The van der Waals surface area contributed by atoms with Crippen LogP contribution in [0.2, 0.25) is 0 Å². The van der Waals surface area contributed by atoms with Crippen molar-refractivity contribution < 1.29 is 17.9 Å². The Morgan fingerprint density at radius 2 is 1.85 bits per heavy atom. The summed E-state index contributed by atoms with van der Waals surface area (Å²) >= 11 is 0. The van der Waals surface area contributed by atoms with E-state index in [1.807, 2.05) is 6.07 Å². The molecule has 0 aliphatic heterocycles. The number of aromatic nitrogens is 2. The Morgan fingerprint density at radius 3 is 2.54 bits per heavy atom. The molecule has 140 valence electrons. The van der Waals surface area contributed by atoms with Crippen molar-refractivity contribution in [3.63, 3.8) is 0 Å². The fraction of sp³-hybridized carbons (Fsp3) is 0.444. The molecule has 0 radical (unpaired) electrons. The molecule has 1 saturated carbocycles. The summed E-state index contributed by atoms with van der Waals surface area (Å²) in [4.78, 5) is 0. The van der Waals surface area contributed by atoms with Crippen molar-refractivity contribution >= 4 is 5.82 Å². The minimum absolute atomic E-state index is 0.0150. The van der Waals surface area contributed by atoms with Crippen LogP contribution >= 0.6 is 0 Å². The first-order chi connectivity index (χ1) is 12.4. The lowest BCUT2D eigenvalue weighted by Gasteiger charge is -2.29. The second-order valence-electron chi connectivity index (χ2n) is 6.42. The highest BCUT2D eigenvalue weighted by Crippen LogP contribution is 2.36. The van der Waals surface area contributed by atoms with Gasteiger partial charge >= 0.3 is 6.18 Å². The number of nitrogens with two attached hydrogens (primary N) is 1. The standard InChI is InChI=1S/C18H21F3N4O/c19-18(20,21)13-10-16(23-15-9-5-4-8-14(15)22)24-25-17(13)26-11-12-6-2-1-3-7-12/h1-3,6-7,10,14-15H,4-5,8-9,11,22H2,(H,23,24)/t14-,15-/m1/s1. The minimum atomic E-state index is -4.59. The van der Waals surface area contributed by atoms with Crippen LogP contribution in [0.15, 0.2) is 36.4 Å². The van der Waals surface area contributed by atoms with Gasteiger partial charge in [-0.1, -0.05) is 43.2 Å². The molecule has 1 aromatic carbocycles. The average molecular weight is 366 g/mol. The van der Waals surface area contributed by atoms with Crippen molar-refractivity contribution in [1.82, 2.24) is 10.2 Å². The zero-order valence-electron chi connectivity index (χ0n) is 14.2. The summed E-state index contributed by atoms with van der Waals surface area (Å²) in [5.74, 6) is -0.466. The third kappa shape index (κ3) is 4.63. The fourth-order valence-corrected chi connectivity index (χ4v) is 3.02. The number of alkyl halides is 3. The van der Waals surface area contributed by atoms with E-state index >= 15 is 0 Å². The Bertz CT molecular complexity index is 724. The first-order valence-corrected chi connectivity index (χ1v) is 8.57. The van der Waals surface area contributed by atoms with Crippen molar-refractivity contribution in [2.45, 2.75) is 50.6 Å². The molecule has 2 atom stereocenters. The molecule has 0 unspecified atom stereocenters. The molecule has 2 aromatic rings. The number of benzene rings is 1. The molecule has 0 bridgehead atoms. The predicted octanol–water partition coefficient (Wildman–Crippen LogP) is 3.76. The van der Waals surface area contributed by atoms with E-state index in [9.17, 15) is 13.2 Å². The van der Waals surface area contributed by atoms with E-state index in [0.29, 0.717) is 0 Å². The topological polar surface area (TPSA) is 73.1 Å². The van der Waals surface area contributed by atoms with Crippen LogP contribution in [0.3, 0.4) is 0 Å². The van der Waals surface area contributed by atoms with Crippen molar-refractivity contribution in [1.29, 1.82) is 0 Å². The SMILES string of the molecule is N[C@@H]1CCCC[C@H]1Nc1cc(C(F)(F)F)c(OCc2ccccc2)nn1. The molecule has 1 heterocycles. The Hall–Kier alpha value is -2.35. The van der Waals surface area contributed by atoms with Crippen LogP contribution in [0.25, 0.3) is 0 Å². The summed E-state index contributed by atoms with van der Waals surface area (Å²) in [5.41, 5.74) is 5.83. The number of anilines is 1. The van der Waals surface area contributed by atoms with Crippen molar-refractivity contribution in [2.75, 3.05) is 5.32 Å². The quantitative estimate of drug-likeness (QED) is 0.843. The van der Waals surface area contributed by atoms with Gasteiger partial charge in [-0.05, 0) is 18.4 Å². The van der Waals surface area contributed by atoms with Crippen LogP contribution in [0.5, 0.6) is 5.88 Å². The van der Waals surface area contributed by atoms with Crippen LogP contribution in [0.1, 0.15) is 36.8 Å². The molecule has 3 N–H and O–H groups in total. The zero-order valence-corrected chi connectivity index (χ0v) is 14.2. The van der Waals surface area contributed by atoms with Gasteiger partial charge in [0.1, 0.15) is 18.0 Å². The smallest absolute Gasteiger partial charge is 0.421 e. The first kappa shape index (κ1) is 18.4. The van der Waals surface area contributed by atoms with Crippen molar-refractivity contribution in [3.05, 3.63) is 47.5 Å². The molecule has 26 heavy (non-hydrogen) atoms. The maximum absolute atomic E-state index is 13.4. The molecule has 0 saturated heterocycles. The molecule has 1 aromatic heterocycles. The Labute approximate surface area is 149 Å². The fourth-order valence-electron chi connectivity index (χ4n) is 3.02. The predicted molar refractivity (Wildman–Crippen MR) is 91.7 cm³/mol. The highest BCUT2D eigenvalue weighted by atomic mass is 19.4. The maximum Gasteiger partial charge on any atom is 0.421 e. The Kier molecular flexibility index (Phi) is 5.61. The van der Waals surface area contributed by atoms with Gasteiger partial charge in [-0.25, -0.2) is 0 Å². The monoisotopic (exact) mass is 366 g/mol. The van der Waals surface area contributed by atoms with E-state index in [4.69, 9.17) is 10.5 Å². The third-order valence-electron chi connectivity index (χ3n) is 4.44. The van der Waals surface area contributed by atoms with Crippen LogP contribution < -0.4 is 15.8 Å². The van der Waals surface area contributed by atoms with Crippen molar-refractivity contribution in [2.24, 2.45) is 5.73 Å². The highest BCUT2D eigenvalue weighted by Gasteiger charge is 2.36. The molecule has 0 spiro atoms. The lowest BCUT2D eigenvalue weighted by molar-refractivity contribution is -0.139. The van der Waals surface area contributed by atoms with Crippen LogP contribution in [0.4, 0.5) is 19.0 Å². The van der Waals surface area contributed by atoms with Gasteiger partial charge in [-0.3, -0.25) is 0 Å². The van der Waals surface area contributed by atoms with Gasteiger partial charge < -0.3 is 15.8 Å². The van der Waals surface area contributed by atoms with Gasteiger partial charge in [0.2, 0.25) is 5.88 Å². The van der Waals surface area contributed by atoms with Crippen LogP contribution in [-0.2, 0) is 12.8 Å². The number of rotatable bonds is 5. The summed E-state index contributed by atoms with van der Waals surface area (Å²) in [6.45, 7) is -0.0150. The van der Waals surface area contributed by atoms with Gasteiger partial charge in [0.05, 0.1) is 0 Å².